The lowest BCUT2D eigenvalue weighted by Crippen LogP contribution is -2.22. The molecule has 1 aromatic carbocycles. The third-order valence-electron chi connectivity index (χ3n) is 3.56. The van der Waals surface area contributed by atoms with Crippen molar-refractivity contribution in [3.05, 3.63) is 43.3 Å². The van der Waals surface area contributed by atoms with Crippen LogP contribution in [0.1, 0.15) is 17.3 Å². The predicted octanol–water partition coefficient (Wildman–Crippen LogP) is 4.38. The summed E-state index contributed by atoms with van der Waals surface area (Å²) in [6.45, 7) is 2.35. The summed E-state index contributed by atoms with van der Waals surface area (Å²) < 4.78 is 13.4. The molecule has 0 unspecified atom stereocenters. The Bertz CT molecular complexity index is 1080. The fourth-order valence-corrected chi connectivity index (χ4v) is 4.88. The van der Waals surface area contributed by atoms with E-state index in [1.807, 2.05) is 19.1 Å². The number of nitrogens with zero attached hydrogens (tertiary/aromatic N) is 2. The Kier molecular flexibility index (Phi) is 6.21. The lowest BCUT2D eigenvalue weighted by molar-refractivity contribution is -0.141. The molecule has 3 rings (SSSR count). The van der Waals surface area contributed by atoms with E-state index >= 15 is 0 Å². The fraction of sp³-hybridized carbons (Fsp3) is 0.235. The highest BCUT2D eigenvalue weighted by molar-refractivity contribution is 7.20. The third-order valence-corrected chi connectivity index (χ3v) is 6.09. The molecular weight excluding hydrogens is 431 g/mol. The molecule has 0 saturated heterocycles. The molecule has 0 spiro atoms. The summed E-state index contributed by atoms with van der Waals surface area (Å²) in [5, 5.41) is 0. The minimum atomic E-state index is -0.529. The lowest BCUT2D eigenvalue weighted by Gasteiger charge is -2.05. The number of hydrogen-bond donors (Lipinski definition) is 0. The van der Waals surface area contributed by atoms with E-state index in [2.05, 4.69) is 4.99 Å². The summed E-state index contributed by atoms with van der Waals surface area (Å²) in [4.78, 5) is 28.9. The first-order valence-corrected chi connectivity index (χ1v) is 10.2. The Morgan fingerprint density at radius 2 is 2.00 bits per heavy atom. The van der Waals surface area contributed by atoms with Gasteiger partial charge in [0.25, 0.3) is 5.91 Å². The molecule has 0 saturated carbocycles. The molecule has 27 heavy (non-hydrogen) atoms. The second kappa shape index (κ2) is 8.43. The predicted molar refractivity (Wildman–Crippen MR) is 107 cm³/mol. The number of esters is 1. The SMILES string of the molecule is CCOc1ccc2c(c1)sc(=NC(=O)c1cc(Cl)sc1Cl)n2CC(=O)OC. The molecule has 6 nitrogen and oxygen atoms in total. The molecule has 142 valence electrons. The van der Waals surface area contributed by atoms with Crippen molar-refractivity contribution in [2.24, 2.45) is 4.99 Å². The molecule has 0 fully saturated rings. The monoisotopic (exact) mass is 444 g/mol. The van der Waals surface area contributed by atoms with E-state index in [1.54, 1.807) is 10.6 Å². The molecule has 0 aliphatic heterocycles. The van der Waals surface area contributed by atoms with Crippen molar-refractivity contribution < 1.29 is 19.1 Å². The van der Waals surface area contributed by atoms with Crippen LogP contribution in [0.3, 0.4) is 0 Å². The number of thiazole rings is 1. The zero-order chi connectivity index (χ0) is 19.6. The van der Waals surface area contributed by atoms with Crippen LogP contribution < -0.4 is 9.54 Å². The van der Waals surface area contributed by atoms with E-state index < -0.39 is 11.9 Å². The van der Waals surface area contributed by atoms with Gasteiger partial charge in [0.05, 0.1) is 33.8 Å². The van der Waals surface area contributed by atoms with Gasteiger partial charge in [-0.1, -0.05) is 34.5 Å². The molecule has 0 aliphatic carbocycles. The van der Waals surface area contributed by atoms with E-state index in [-0.39, 0.29) is 16.4 Å². The van der Waals surface area contributed by atoms with E-state index in [0.29, 0.717) is 21.5 Å². The Morgan fingerprint density at radius 1 is 1.22 bits per heavy atom. The van der Waals surface area contributed by atoms with E-state index in [1.165, 1.54) is 24.5 Å². The number of fused-ring (bicyclic) bond motifs is 1. The maximum Gasteiger partial charge on any atom is 0.325 e. The number of carbonyl (C=O) groups is 2. The molecule has 0 bridgehead atoms. The van der Waals surface area contributed by atoms with Crippen LogP contribution >= 0.6 is 45.9 Å². The largest absolute Gasteiger partial charge is 0.494 e. The van der Waals surface area contributed by atoms with Crippen LogP contribution in [0.25, 0.3) is 10.2 Å². The number of hydrogen-bond acceptors (Lipinski definition) is 6. The first-order chi connectivity index (χ1) is 12.9. The van der Waals surface area contributed by atoms with Gasteiger partial charge in [-0.05, 0) is 31.2 Å². The molecule has 0 atom stereocenters. The summed E-state index contributed by atoms with van der Waals surface area (Å²) in [7, 11) is 1.31. The number of benzene rings is 1. The molecule has 0 radical (unpaired) electrons. The minimum absolute atomic E-state index is 0.0747. The van der Waals surface area contributed by atoms with Crippen LogP contribution in [0.15, 0.2) is 29.3 Å². The van der Waals surface area contributed by atoms with Crippen molar-refractivity contribution in [2.45, 2.75) is 13.5 Å². The van der Waals surface area contributed by atoms with Gasteiger partial charge in [0.2, 0.25) is 0 Å². The van der Waals surface area contributed by atoms with Gasteiger partial charge in [-0.2, -0.15) is 4.99 Å². The van der Waals surface area contributed by atoms with Gasteiger partial charge in [-0.15, -0.1) is 11.3 Å². The molecule has 10 heteroatoms. The van der Waals surface area contributed by atoms with Crippen LogP contribution in [0.2, 0.25) is 8.67 Å². The Labute approximate surface area is 172 Å². The maximum absolute atomic E-state index is 12.6. The van der Waals surface area contributed by atoms with Gasteiger partial charge in [0.15, 0.2) is 4.80 Å². The zero-order valence-electron chi connectivity index (χ0n) is 14.3. The summed E-state index contributed by atoms with van der Waals surface area (Å²) in [5.41, 5.74) is 0.971. The van der Waals surface area contributed by atoms with Crippen LogP contribution in [0.5, 0.6) is 5.75 Å². The number of methoxy groups -OCH3 is 1. The Hall–Kier alpha value is -1.87. The zero-order valence-corrected chi connectivity index (χ0v) is 17.5. The van der Waals surface area contributed by atoms with Crippen molar-refractivity contribution >= 4 is 68.0 Å². The highest BCUT2D eigenvalue weighted by Crippen LogP contribution is 2.31. The first-order valence-electron chi connectivity index (χ1n) is 7.79. The number of rotatable bonds is 5. The Morgan fingerprint density at radius 3 is 2.63 bits per heavy atom. The number of amides is 1. The second-order valence-electron chi connectivity index (χ2n) is 5.26. The molecule has 2 aromatic heterocycles. The summed E-state index contributed by atoms with van der Waals surface area (Å²) in [6, 6.07) is 6.94. The molecular formula is C17H14Cl2N2O4S2. The lowest BCUT2D eigenvalue weighted by atomic mass is 10.3. The van der Waals surface area contributed by atoms with Crippen molar-refractivity contribution in [3.63, 3.8) is 0 Å². The van der Waals surface area contributed by atoms with Gasteiger partial charge in [-0.3, -0.25) is 9.59 Å². The molecule has 1 amide bonds. The van der Waals surface area contributed by atoms with Gasteiger partial charge >= 0.3 is 5.97 Å². The average molecular weight is 445 g/mol. The topological polar surface area (TPSA) is 69.9 Å². The summed E-state index contributed by atoms with van der Waals surface area (Å²) in [6.07, 6.45) is 0. The van der Waals surface area contributed by atoms with Gasteiger partial charge in [-0.25, -0.2) is 0 Å². The fourth-order valence-electron chi connectivity index (χ4n) is 2.37. The van der Waals surface area contributed by atoms with Gasteiger partial charge in [0, 0.05) is 0 Å². The van der Waals surface area contributed by atoms with Crippen LogP contribution in [0.4, 0.5) is 0 Å². The van der Waals surface area contributed by atoms with Crippen LogP contribution in [-0.4, -0.2) is 30.2 Å². The van der Waals surface area contributed by atoms with Crippen molar-refractivity contribution in [3.8, 4) is 5.75 Å². The number of carbonyl (C=O) groups excluding carboxylic acids is 2. The highest BCUT2D eigenvalue weighted by atomic mass is 35.5. The molecule has 0 N–H and O–H groups in total. The minimum Gasteiger partial charge on any atom is -0.494 e. The van der Waals surface area contributed by atoms with E-state index in [4.69, 9.17) is 32.7 Å². The Balaban J connectivity index is 2.14. The van der Waals surface area contributed by atoms with Gasteiger partial charge in [0.1, 0.15) is 16.6 Å². The highest BCUT2D eigenvalue weighted by Gasteiger charge is 2.16. The molecule has 3 aromatic rings. The maximum atomic E-state index is 12.6. The van der Waals surface area contributed by atoms with Crippen molar-refractivity contribution in [1.29, 1.82) is 0 Å². The summed E-state index contributed by atoms with van der Waals surface area (Å²) >= 11 is 14.3. The molecule has 0 aliphatic rings. The number of halogens is 2. The number of thiophene rings is 1. The average Bonchev–Trinajstić information content (AvgIpc) is 3.14. The van der Waals surface area contributed by atoms with Crippen LogP contribution in [0, 0.1) is 0 Å². The molecule has 2 heterocycles. The number of ether oxygens (including phenoxy) is 2. The van der Waals surface area contributed by atoms with E-state index in [0.717, 1.165) is 21.6 Å². The van der Waals surface area contributed by atoms with E-state index in [9.17, 15) is 9.59 Å². The van der Waals surface area contributed by atoms with Crippen molar-refractivity contribution in [1.82, 2.24) is 4.57 Å². The normalized spacial score (nSPS) is 11.8. The summed E-state index contributed by atoms with van der Waals surface area (Å²) in [5.74, 6) is -0.283. The standard InChI is InChI=1S/C17H14Cl2N2O4S2/c1-3-25-9-4-5-11-12(6-9)26-17(21(11)8-14(22)24-2)20-16(23)10-7-13(18)27-15(10)19/h4-7H,3,8H2,1-2H3. The second-order valence-corrected chi connectivity index (χ2v) is 8.56. The quantitative estimate of drug-likeness (QED) is 0.547. The van der Waals surface area contributed by atoms with Gasteiger partial charge < -0.3 is 14.0 Å². The first kappa shape index (κ1) is 19.9. The third kappa shape index (κ3) is 4.35. The number of aromatic nitrogens is 1. The van der Waals surface area contributed by atoms with Crippen LogP contribution in [-0.2, 0) is 16.1 Å². The smallest absolute Gasteiger partial charge is 0.325 e. The van der Waals surface area contributed by atoms with Crippen molar-refractivity contribution in [2.75, 3.05) is 13.7 Å².